The molecular weight excluding hydrogens is 367 g/mol. The Morgan fingerprint density at radius 3 is 2.77 bits per heavy atom. The smallest absolute Gasteiger partial charge is 0.356 e. The molecule has 142 valence electrons. The van der Waals surface area contributed by atoms with Crippen LogP contribution in [-0.2, 0) is 19.3 Å². The number of halogens is 3. The molecule has 2 N–H and O–H groups in total. The van der Waals surface area contributed by atoms with Crippen molar-refractivity contribution >= 4 is 17.3 Å². The minimum Gasteiger partial charge on any atom is -0.356 e. The van der Waals surface area contributed by atoms with E-state index in [2.05, 4.69) is 20.6 Å². The number of unbranched alkanes of at least 4 members (excludes halogenated alkanes) is 1. The van der Waals surface area contributed by atoms with Gasteiger partial charge < -0.3 is 15.2 Å². The second-order valence-corrected chi connectivity index (χ2v) is 6.36. The standard InChI is InChI=1S/C16H20F3N5OS/c1-20-15(22-10-13-23-12(11-26-13)16(17,18)19)21-7-3-5-9-24-8-4-2-6-14(24)25/h2,4,6,8,11H,3,5,7,9-10H2,1H3,(H2,20,21,22). The number of thiazole rings is 1. The zero-order chi connectivity index (χ0) is 19.0. The summed E-state index contributed by atoms with van der Waals surface area (Å²) in [7, 11) is 1.59. The molecule has 0 bridgehead atoms. The van der Waals surface area contributed by atoms with Crippen LogP contribution in [0.25, 0.3) is 0 Å². The van der Waals surface area contributed by atoms with Gasteiger partial charge in [0.2, 0.25) is 5.56 Å². The first-order chi connectivity index (χ1) is 12.4. The summed E-state index contributed by atoms with van der Waals surface area (Å²) < 4.78 is 39.2. The third-order valence-corrected chi connectivity index (χ3v) is 4.34. The Hall–Kier alpha value is -2.36. The minimum absolute atomic E-state index is 0.0281. The number of rotatable bonds is 7. The van der Waals surface area contributed by atoms with Crippen LogP contribution >= 0.6 is 11.3 Å². The van der Waals surface area contributed by atoms with Crippen LogP contribution in [0.2, 0.25) is 0 Å². The van der Waals surface area contributed by atoms with Crippen LogP contribution in [0.1, 0.15) is 23.5 Å². The number of guanidine groups is 1. The molecular formula is C16H20F3N5OS. The molecule has 26 heavy (non-hydrogen) atoms. The van der Waals surface area contributed by atoms with Crippen LogP contribution in [0, 0.1) is 0 Å². The van der Waals surface area contributed by atoms with Crippen LogP contribution in [-0.4, -0.2) is 29.1 Å². The third kappa shape index (κ3) is 6.17. The zero-order valence-electron chi connectivity index (χ0n) is 14.2. The van der Waals surface area contributed by atoms with Crippen molar-refractivity contribution in [2.75, 3.05) is 13.6 Å². The number of alkyl halides is 3. The van der Waals surface area contributed by atoms with Crippen molar-refractivity contribution in [2.45, 2.75) is 32.1 Å². The molecule has 0 saturated heterocycles. The largest absolute Gasteiger partial charge is 0.434 e. The van der Waals surface area contributed by atoms with E-state index in [9.17, 15) is 18.0 Å². The molecule has 2 aromatic heterocycles. The quantitative estimate of drug-likeness (QED) is 0.435. The van der Waals surface area contributed by atoms with Crippen molar-refractivity contribution in [2.24, 2.45) is 4.99 Å². The number of pyridine rings is 1. The fourth-order valence-corrected chi connectivity index (χ4v) is 2.90. The first-order valence-electron chi connectivity index (χ1n) is 8.01. The molecule has 0 aromatic carbocycles. The first-order valence-corrected chi connectivity index (χ1v) is 8.89. The van der Waals surface area contributed by atoms with E-state index in [0.717, 1.165) is 29.6 Å². The van der Waals surface area contributed by atoms with Crippen LogP contribution in [0.5, 0.6) is 0 Å². The maximum Gasteiger partial charge on any atom is 0.434 e. The summed E-state index contributed by atoms with van der Waals surface area (Å²) in [6.45, 7) is 1.43. The van der Waals surface area contributed by atoms with Gasteiger partial charge in [-0.15, -0.1) is 11.3 Å². The summed E-state index contributed by atoms with van der Waals surface area (Å²) in [5.41, 5.74) is -0.905. The molecule has 10 heteroatoms. The van der Waals surface area contributed by atoms with Gasteiger partial charge in [-0.25, -0.2) is 4.98 Å². The summed E-state index contributed by atoms with van der Waals surface area (Å²) in [6.07, 6.45) is -1.04. The van der Waals surface area contributed by atoms with Gasteiger partial charge in [0.15, 0.2) is 11.7 Å². The Balaban J connectivity index is 1.69. The third-order valence-electron chi connectivity index (χ3n) is 3.49. The number of aliphatic imine (C=N–C) groups is 1. The molecule has 2 aromatic rings. The van der Waals surface area contributed by atoms with E-state index in [-0.39, 0.29) is 12.1 Å². The molecule has 2 rings (SSSR count). The summed E-state index contributed by atoms with van der Waals surface area (Å²) in [4.78, 5) is 19.1. The SMILES string of the molecule is CN=C(NCCCCn1ccccc1=O)NCc1nc(C(F)(F)F)cs1. The fourth-order valence-electron chi connectivity index (χ4n) is 2.16. The Morgan fingerprint density at radius 2 is 2.12 bits per heavy atom. The van der Waals surface area contributed by atoms with Gasteiger partial charge in [-0.1, -0.05) is 6.07 Å². The molecule has 0 aliphatic rings. The molecule has 6 nitrogen and oxygen atoms in total. The van der Waals surface area contributed by atoms with Crippen molar-refractivity contribution < 1.29 is 13.2 Å². The van der Waals surface area contributed by atoms with Gasteiger partial charge in [0.1, 0.15) is 5.01 Å². The van der Waals surface area contributed by atoms with Crippen LogP contribution in [0.3, 0.4) is 0 Å². The molecule has 0 fully saturated rings. The Morgan fingerprint density at radius 1 is 1.31 bits per heavy atom. The molecule has 0 saturated carbocycles. The molecule has 0 amide bonds. The predicted molar refractivity (Wildman–Crippen MR) is 95.3 cm³/mol. The Bertz CT molecular complexity index is 784. The second-order valence-electron chi connectivity index (χ2n) is 5.42. The van der Waals surface area contributed by atoms with E-state index in [0.29, 0.717) is 24.1 Å². The highest BCUT2D eigenvalue weighted by molar-refractivity contribution is 7.09. The van der Waals surface area contributed by atoms with E-state index < -0.39 is 11.9 Å². The summed E-state index contributed by atoms with van der Waals surface area (Å²) in [6, 6.07) is 5.04. The number of nitrogens with zero attached hydrogens (tertiary/aromatic N) is 3. The van der Waals surface area contributed by atoms with Crippen molar-refractivity contribution in [3.8, 4) is 0 Å². The van der Waals surface area contributed by atoms with Crippen LogP contribution in [0.4, 0.5) is 13.2 Å². The van der Waals surface area contributed by atoms with Gasteiger partial charge in [-0.05, 0) is 18.9 Å². The van der Waals surface area contributed by atoms with Crippen molar-refractivity contribution in [1.29, 1.82) is 0 Å². The lowest BCUT2D eigenvalue weighted by atomic mass is 10.3. The van der Waals surface area contributed by atoms with Gasteiger partial charge in [0, 0.05) is 37.8 Å². The molecule has 0 aliphatic carbocycles. The lowest BCUT2D eigenvalue weighted by Gasteiger charge is -2.11. The average molecular weight is 387 g/mol. The normalized spacial score (nSPS) is 12.2. The van der Waals surface area contributed by atoms with E-state index in [1.54, 1.807) is 23.9 Å². The minimum atomic E-state index is -4.42. The predicted octanol–water partition coefficient (Wildman–Crippen LogP) is 2.47. The fraction of sp³-hybridized carbons (Fsp3) is 0.438. The first kappa shape index (κ1) is 20.0. The molecule has 0 unspecified atom stereocenters. The highest BCUT2D eigenvalue weighted by atomic mass is 32.1. The number of hydrogen-bond acceptors (Lipinski definition) is 4. The average Bonchev–Trinajstić information content (AvgIpc) is 3.08. The van der Waals surface area contributed by atoms with Gasteiger partial charge in [-0.3, -0.25) is 9.79 Å². The maximum absolute atomic E-state index is 12.5. The highest BCUT2D eigenvalue weighted by Crippen LogP contribution is 2.29. The van der Waals surface area contributed by atoms with E-state index in [1.807, 2.05) is 6.07 Å². The lowest BCUT2D eigenvalue weighted by molar-refractivity contribution is -0.140. The van der Waals surface area contributed by atoms with Crippen LogP contribution in [0.15, 0.2) is 39.6 Å². The molecule has 0 spiro atoms. The van der Waals surface area contributed by atoms with Gasteiger partial charge in [0.05, 0.1) is 6.54 Å². The number of nitrogens with one attached hydrogen (secondary N) is 2. The van der Waals surface area contributed by atoms with Crippen molar-refractivity contribution in [1.82, 2.24) is 20.2 Å². The number of hydrogen-bond donors (Lipinski definition) is 2. The van der Waals surface area contributed by atoms with E-state index in [1.165, 1.54) is 6.07 Å². The molecule has 0 radical (unpaired) electrons. The highest BCUT2D eigenvalue weighted by Gasteiger charge is 2.33. The maximum atomic E-state index is 12.5. The molecule has 2 heterocycles. The monoisotopic (exact) mass is 387 g/mol. The second kappa shape index (κ2) is 9.37. The topological polar surface area (TPSA) is 71.3 Å². The summed E-state index contributed by atoms with van der Waals surface area (Å²) in [5.74, 6) is 0.491. The van der Waals surface area contributed by atoms with Crippen molar-refractivity contribution in [3.63, 3.8) is 0 Å². The van der Waals surface area contributed by atoms with Crippen LogP contribution < -0.4 is 16.2 Å². The van der Waals surface area contributed by atoms with Crippen molar-refractivity contribution in [3.05, 3.63) is 50.8 Å². The number of aromatic nitrogens is 2. The summed E-state index contributed by atoms with van der Waals surface area (Å²) in [5, 5.41) is 7.35. The van der Waals surface area contributed by atoms with E-state index in [4.69, 9.17) is 0 Å². The van der Waals surface area contributed by atoms with E-state index >= 15 is 0 Å². The molecule has 0 aliphatic heterocycles. The summed E-state index contributed by atoms with van der Waals surface area (Å²) >= 11 is 0.951. The Kier molecular flexibility index (Phi) is 7.19. The lowest BCUT2D eigenvalue weighted by Crippen LogP contribution is -2.37. The zero-order valence-corrected chi connectivity index (χ0v) is 15.0. The van der Waals surface area contributed by atoms with Gasteiger partial charge in [-0.2, -0.15) is 13.2 Å². The number of aryl methyl sites for hydroxylation is 1. The molecule has 0 atom stereocenters. The Labute approximate surface area is 152 Å². The van der Waals surface area contributed by atoms with Gasteiger partial charge in [0.25, 0.3) is 0 Å². The van der Waals surface area contributed by atoms with Gasteiger partial charge >= 0.3 is 6.18 Å².